The van der Waals surface area contributed by atoms with Crippen LogP contribution in [0.5, 0.6) is 11.6 Å². The second-order valence-electron chi connectivity index (χ2n) is 5.53. The van der Waals surface area contributed by atoms with E-state index in [2.05, 4.69) is 10.3 Å². The van der Waals surface area contributed by atoms with E-state index in [-0.39, 0.29) is 23.8 Å². The molecule has 3 atom stereocenters. The van der Waals surface area contributed by atoms with Crippen LogP contribution in [-0.4, -0.2) is 48.9 Å². The number of ether oxygens (including phenoxy) is 2. The van der Waals surface area contributed by atoms with Crippen LogP contribution in [0.2, 0.25) is 0 Å². The quantitative estimate of drug-likeness (QED) is 0.833. The smallest absolute Gasteiger partial charge is 0.258 e. The number of methoxy groups -OCH3 is 1. The number of benzene rings is 1. The number of rotatable bonds is 5. The van der Waals surface area contributed by atoms with Crippen molar-refractivity contribution in [2.24, 2.45) is 5.73 Å². The number of fused-ring (bicyclic) bond motifs is 1. The van der Waals surface area contributed by atoms with Gasteiger partial charge in [-0.15, -0.1) is 0 Å². The van der Waals surface area contributed by atoms with Gasteiger partial charge in [-0.05, 0) is 23.6 Å². The minimum Gasteiger partial charge on any atom is -0.496 e. The number of amides is 2. The van der Waals surface area contributed by atoms with Crippen molar-refractivity contribution in [2.45, 2.75) is 18.4 Å². The molecule has 132 valence electrons. The van der Waals surface area contributed by atoms with E-state index < -0.39 is 30.2 Å². The minimum absolute atomic E-state index is 0.135. The van der Waals surface area contributed by atoms with Gasteiger partial charge in [0.1, 0.15) is 12.4 Å². The van der Waals surface area contributed by atoms with E-state index >= 15 is 0 Å². The average Bonchev–Trinajstić information content (AvgIpc) is 2.85. The first-order valence-electron chi connectivity index (χ1n) is 7.40. The van der Waals surface area contributed by atoms with Gasteiger partial charge in [-0.25, -0.2) is 13.8 Å². The first-order chi connectivity index (χ1) is 11.9. The number of alkyl halides is 2. The van der Waals surface area contributed by atoms with Crippen molar-refractivity contribution < 1.29 is 27.8 Å². The second kappa shape index (κ2) is 6.50. The number of carbonyl (C=O) groups excluding carboxylic acids is 2. The SMILES string of the molecule is COc1cc2c(OC[C@@H]3NC(=O)[C@H](F)[C@@H]3F)nccc2cc1C(N)=O. The normalized spacial score (nSPS) is 22.7. The molecule has 0 unspecified atom stereocenters. The molecular weight excluding hydrogens is 336 g/mol. The third-order valence-electron chi connectivity index (χ3n) is 3.96. The Morgan fingerprint density at radius 1 is 1.40 bits per heavy atom. The first kappa shape index (κ1) is 16.9. The van der Waals surface area contributed by atoms with Crippen molar-refractivity contribution in [1.29, 1.82) is 0 Å². The molecule has 3 N–H and O–H groups in total. The standard InChI is InChI=1S/C16H15F2N3O4/c1-24-11-5-8-7(4-9(11)14(19)22)2-3-20-16(8)25-6-10-12(17)13(18)15(23)21-10/h2-5,10,12-13H,6H2,1H3,(H2,19,22)(H,21,23)/t10-,12+,13+/m0/s1. The summed E-state index contributed by atoms with van der Waals surface area (Å²) in [5.74, 6) is -1.28. The molecular formula is C16H15F2N3O4. The fourth-order valence-electron chi connectivity index (χ4n) is 2.64. The van der Waals surface area contributed by atoms with Crippen molar-refractivity contribution in [3.63, 3.8) is 0 Å². The lowest BCUT2D eigenvalue weighted by Gasteiger charge is -2.15. The largest absolute Gasteiger partial charge is 0.496 e. The highest BCUT2D eigenvalue weighted by molar-refractivity contribution is 6.01. The highest BCUT2D eigenvalue weighted by atomic mass is 19.2. The summed E-state index contributed by atoms with van der Waals surface area (Å²) in [6.45, 7) is -0.292. The fourth-order valence-corrected chi connectivity index (χ4v) is 2.64. The average molecular weight is 351 g/mol. The number of primary amides is 1. The number of pyridine rings is 1. The van der Waals surface area contributed by atoms with Gasteiger partial charge in [-0.3, -0.25) is 9.59 Å². The van der Waals surface area contributed by atoms with Crippen LogP contribution < -0.4 is 20.5 Å². The van der Waals surface area contributed by atoms with Gasteiger partial charge in [0.15, 0.2) is 6.17 Å². The number of nitrogens with one attached hydrogen (secondary N) is 1. The summed E-state index contributed by atoms with van der Waals surface area (Å²) < 4.78 is 37.5. The van der Waals surface area contributed by atoms with Crippen LogP contribution in [0.1, 0.15) is 10.4 Å². The molecule has 0 spiro atoms. The molecule has 2 aromatic rings. The molecule has 25 heavy (non-hydrogen) atoms. The summed E-state index contributed by atoms with van der Waals surface area (Å²) >= 11 is 0. The zero-order valence-corrected chi connectivity index (χ0v) is 13.2. The van der Waals surface area contributed by atoms with E-state index in [9.17, 15) is 18.4 Å². The van der Waals surface area contributed by atoms with Crippen molar-refractivity contribution in [2.75, 3.05) is 13.7 Å². The molecule has 2 amide bonds. The van der Waals surface area contributed by atoms with Crippen LogP contribution >= 0.6 is 0 Å². The Morgan fingerprint density at radius 3 is 2.76 bits per heavy atom. The van der Waals surface area contributed by atoms with Crippen LogP contribution in [0.15, 0.2) is 24.4 Å². The summed E-state index contributed by atoms with van der Waals surface area (Å²) in [5, 5.41) is 3.30. The van der Waals surface area contributed by atoms with Crippen LogP contribution in [0.3, 0.4) is 0 Å². The summed E-state index contributed by atoms with van der Waals surface area (Å²) in [7, 11) is 1.38. The Balaban J connectivity index is 1.89. The van der Waals surface area contributed by atoms with Gasteiger partial charge in [0.2, 0.25) is 12.1 Å². The van der Waals surface area contributed by atoms with Gasteiger partial charge in [0.25, 0.3) is 11.8 Å². The topological polar surface area (TPSA) is 104 Å². The summed E-state index contributed by atoms with van der Waals surface area (Å²) in [6.07, 6.45) is -2.75. The van der Waals surface area contributed by atoms with Crippen LogP contribution in [0, 0.1) is 0 Å². The highest BCUT2D eigenvalue weighted by Gasteiger charge is 2.43. The van der Waals surface area contributed by atoms with E-state index in [0.29, 0.717) is 10.8 Å². The van der Waals surface area contributed by atoms with Gasteiger partial charge in [0.05, 0.1) is 18.7 Å². The zero-order chi connectivity index (χ0) is 18.1. The highest BCUT2D eigenvalue weighted by Crippen LogP contribution is 2.31. The van der Waals surface area contributed by atoms with Crippen molar-refractivity contribution in [3.05, 3.63) is 30.0 Å². The lowest BCUT2D eigenvalue weighted by molar-refractivity contribution is -0.124. The number of hydrogen-bond acceptors (Lipinski definition) is 5. The number of nitrogens with two attached hydrogens (primary N) is 1. The molecule has 1 saturated heterocycles. The number of halogens is 2. The Labute approximate surface area is 141 Å². The van der Waals surface area contributed by atoms with E-state index in [1.807, 2.05) is 0 Å². The number of aromatic nitrogens is 1. The molecule has 0 saturated carbocycles. The minimum atomic E-state index is -2.20. The Kier molecular flexibility index (Phi) is 4.39. The van der Waals surface area contributed by atoms with Crippen LogP contribution in [0.4, 0.5) is 8.78 Å². The molecule has 0 aliphatic carbocycles. The van der Waals surface area contributed by atoms with E-state index in [1.165, 1.54) is 25.4 Å². The molecule has 1 aliphatic heterocycles. The monoisotopic (exact) mass is 351 g/mol. The predicted molar refractivity (Wildman–Crippen MR) is 84.0 cm³/mol. The van der Waals surface area contributed by atoms with Crippen molar-refractivity contribution >= 4 is 22.6 Å². The first-order valence-corrected chi connectivity index (χ1v) is 7.40. The molecule has 9 heteroatoms. The van der Waals surface area contributed by atoms with Gasteiger partial charge in [0, 0.05) is 11.6 Å². The van der Waals surface area contributed by atoms with Crippen LogP contribution in [0.25, 0.3) is 10.8 Å². The third-order valence-corrected chi connectivity index (χ3v) is 3.96. The Morgan fingerprint density at radius 2 is 2.16 bits per heavy atom. The van der Waals surface area contributed by atoms with Crippen LogP contribution in [-0.2, 0) is 4.79 Å². The number of nitrogens with zero attached hydrogens (tertiary/aromatic N) is 1. The Hall–Kier alpha value is -2.97. The maximum atomic E-state index is 13.7. The second-order valence-corrected chi connectivity index (χ2v) is 5.53. The third kappa shape index (κ3) is 3.04. The van der Waals surface area contributed by atoms with Gasteiger partial charge in [-0.1, -0.05) is 0 Å². The molecule has 0 radical (unpaired) electrons. The van der Waals surface area contributed by atoms with E-state index in [4.69, 9.17) is 15.2 Å². The number of hydrogen-bond donors (Lipinski definition) is 2. The summed E-state index contributed by atoms with van der Waals surface area (Å²) in [5.41, 5.74) is 5.51. The maximum Gasteiger partial charge on any atom is 0.258 e. The predicted octanol–water partition coefficient (Wildman–Crippen LogP) is 0.896. The molecule has 7 nitrogen and oxygen atoms in total. The van der Waals surface area contributed by atoms with Crippen molar-refractivity contribution in [1.82, 2.24) is 10.3 Å². The molecule has 3 rings (SSSR count). The lowest BCUT2D eigenvalue weighted by atomic mass is 10.1. The lowest BCUT2D eigenvalue weighted by Crippen LogP contribution is -2.36. The number of carbonyl (C=O) groups is 2. The fraction of sp³-hybridized carbons (Fsp3) is 0.312. The molecule has 1 aliphatic rings. The van der Waals surface area contributed by atoms with Gasteiger partial charge >= 0.3 is 0 Å². The summed E-state index contributed by atoms with van der Waals surface area (Å²) in [4.78, 5) is 26.7. The molecule has 1 fully saturated rings. The zero-order valence-electron chi connectivity index (χ0n) is 13.2. The molecule has 0 bridgehead atoms. The van der Waals surface area contributed by atoms with E-state index in [1.54, 1.807) is 6.07 Å². The van der Waals surface area contributed by atoms with Crippen molar-refractivity contribution in [3.8, 4) is 11.6 Å². The van der Waals surface area contributed by atoms with Gasteiger partial charge in [-0.2, -0.15) is 0 Å². The Bertz CT molecular complexity index is 845. The van der Waals surface area contributed by atoms with E-state index in [0.717, 1.165) is 0 Å². The molecule has 2 heterocycles. The molecule has 1 aromatic heterocycles. The maximum absolute atomic E-state index is 13.7. The molecule has 1 aromatic carbocycles. The van der Waals surface area contributed by atoms with Gasteiger partial charge < -0.3 is 20.5 Å². The summed E-state index contributed by atoms with van der Waals surface area (Å²) in [6, 6.07) is 3.58.